The average molecular weight is 277 g/mol. The summed E-state index contributed by atoms with van der Waals surface area (Å²) in [6.07, 6.45) is 0. The Hall–Kier alpha value is -1.56. The predicted molar refractivity (Wildman–Crippen MR) is 75.3 cm³/mol. The lowest BCUT2D eigenvalue weighted by Crippen LogP contribution is -2.16. The van der Waals surface area contributed by atoms with Gasteiger partial charge in [-0.1, -0.05) is 25.6 Å². The second kappa shape index (κ2) is 5.39. The molecule has 18 heavy (non-hydrogen) atoms. The summed E-state index contributed by atoms with van der Waals surface area (Å²) in [5.41, 5.74) is 4.36. The molecule has 0 bridgehead atoms. The van der Waals surface area contributed by atoms with Crippen LogP contribution in [0.4, 0.5) is 0 Å². The Balaban J connectivity index is 3.34. The molecule has 0 aliphatic rings. The van der Waals surface area contributed by atoms with E-state index in [0.29, 0.717) is 20.9 Å². The molecule has 1 aromatic heterocycles. The van der Waals surface area contributed by atoms with Crippen LogP contribution in [0.3, 0.4) is 0 Å². The van der Waals surface area contributed by atoms with E-state index in [0.717, 1.165) is 0 Å². The molecule has 0 saturated heterocycles. The van der Waals surface area contributed by atoms with E-state index in [4.69, 9.17) is 10.00 Å². The Kier molecular flexibility index (Phi) is 4.34. The van der Waals surface area contributed by atoms with Gasteiger partial charge in [0.05, 0.1) is 17.6 Å². The van der Waals surface area contributed by atoms with Gasteiger partial charge in [0.2, 0.25) is 0 Å². The van der Waals surface area contributed by atoms with Crippen molar-refractivity contribution in [3.8, 4) is 17.5 Å². The fourth-order valence-corrected chi connectivity index (χ4v) is 2.89. The molecular weight excluding hydrogens is 262 g/mol. The van der Waals surface area contributed by atoms with E-state index in [2.05, 4.69) is 37.2 Å². The summed E-state index contributed by atoms with van der Waals surface area (Å²) in [7, 11) is -0.165. The molecule has 0 fully saturated rings. The molecule has 1 rings (SSSR count). The van der Waals surface area contributed by atoms with E-state index < -0.39 is 14.0 Å². The van der Waals surface area contributed by atoms with Crippen LogP contribution in [0.5, 0.6) is 0 Å². The highest BCUT2D eigenvalue weighted by Gasteiger charge is 2.19. The number of esters is 1. The van der Waals surface area contributed by atoms with Crippen LogP contribution in [0.2, 0.25) is 19.6 Å². The topological polar surface area (TPSA) is 50.1 Å². The molecule has 0 saturated carbocycles. The van der Waals surface area contributed by atoms with Crippen molar-refractivity contribution in [2.24, 2.45) is 0 Å². The summed E-state index contributed by atoms with van der Waals surface area (Å²) < 4.78 is 4.70. The van der Waals surface area contributed by atoms with Crippen LogP contribution in [-0.4, -0.2) is 21.2 Å². The van der Waals surface area contributed by atoms with Crippen molar-refractivity contribution in [3.05, 3.63) is 20.9 Å². The van der Waals surface area contributed by atoms with Gasteiger partial charge in [0.1, 0.15) is 19.0 Å². The highest BCUT2D eigenvalue weighted by atomic mass is 32.1. The minimum atomic E-state index is -1.50. The molecule has 1 heterocycles. The van der Waals surface area contributed by atoms with Gasteiger partial charge in [-0.2, -0.15) is 5.26 Å². The largest absolute Gasteiger partial charge is 0.465 e. The smallest absolute Gasteiger partial charge is 0.348 e. The average Bonchev–Trinajstić information content (AvgIpc) is 2.61. The zero-order valence-electron chi connectivity index (χ0n) is 11.2. The van der Waals surface area contributed by atoms with Crippen molar-refractivity contribution in [3.63, 3.8) is 0 Å². The standard InChI is InChI=1S/C13H15NO2SSi/c1-9-10(8-14)11(6-7-18(3,4)5)17-12(9)13(15)16-2/h1-5H3. The number of nitriles is 1. The van der Waals surface area contributed by atoms with Crippen LogP contribution in [0, 0.1) is 29.7 Å². The molecule has 0 aromatic carbocycles. The van der Waals surface area contributed by atoms with E-state index in [1.54, 1.807) is 6.92 Å². The predicted octanol–water partition coefficient (Wildman–Crippen LogP) is 2.94. The van der Waals surface area contributed by atoms with Crippen LogP contribution in [0.25, 0.3) is 0 Å². The van der Waals surface area contributed by atoms with E-state index in [9.17, 15) is 4.79 Å². The molecule has 0 unspecified atom stereocenters. The van der Waals surface area contributed by atoms with Crippen LogP contribution in [-0.2, 0) is 4.74 Å². The van der Waals surface area contributed by atoms with Gasteiger partial charge in [0, 0.05) is 0 Å². The first-order valence-electron chi connectivity index (χ1n) is 5.45. The SMILES string of the molecule is COC(=O)c1sc(C#C[Si](C)(C)C)c(C#N)c1C. The fourth-order valence-electron chi connectivity index (χ4n) is 1.27. The highest BCUT2D eigenvalue weighted by Crippen LogP contribution is 2.27. The lowest BCUT2D eigenvalue weighted by molar-refractivity contribution is 0.0605. The maximum atomic E-state index is 11.6. The van der Waals surface area contributed by atoms with E-state index in [1.165, 1.54) is 18.4 Å². The summed E-state index contributed by atoms with van der Waals surface area (Å²) >= 11 is 1.24. The minimum absolute atomic E-state index is 0.407. The van der Waals surface area contributed by atoms with Crippen LogP contribution >= 0.6 is 11.3 Å². The Morgan fingerprint density at radius 3 is 2.44 bits per heavy atom. The molecule has 0 spiro atoms. The molecule has 0 N–H and O–H groups in total. The summed E-state index contributed by atoms with van der Waals surface area (Å²) in [4.78, 5) is 12.7. The van der Waals surface area contributed by atoms with Gasteiger partial charge in [-0.3, -0.25) is 0 Å². The molecule has 0 aliphatic carbocycles. The number of carbonyl (C=O) groups is 1. The quantitative estimate of drug-likeness (QED) is 0.450. The number of ether oxygens (including phenoxy) is 1. The molecule has 3 nitrogen and oxygen atoms in total. The van der Waals surface area contributed by atoms with Gasteiger partial charge in [-0.05, 0) is 12.5 Å². The maximum absolute atomic E-state index is 11.6. The van der Waals surface area contributed by atoms with E-state index >= 15 is 0 Å². The van der Waals surface area contributed by atoms with Crippen molar-refractivity contribution in [2.75, 3.05) is 7.11 Å². The lowest BCUT2D eigenvalue weighted by Gasteiger charge is -2.02. The zero-order valence-corrected chi connectivity index (χ0v) is 13.0. The Morgan fingerprint density at radius 2 is 2.00 bits per heavy atom. The summed E-state index contributed by atoms with van der Waals surface area (Å²) in [5.74, 6) is 2.64. The first-order chi connectivity index (χ1) is 8.30. The number of methoxy groups -OCH3 is 1. The molecule has 94 valence electrons. The third kappa shape index (κ3) is 3.22. The normalized spacial score (nSPS) is 10.2. The Morgan fingerprint density at radius 1 is 1.39 bits per heavy atom. The first kappa shape index (κ1) is 14.5. The van der Waals surface area contributed by atoms with Gasteiger partial charge >= 0.3 is 5.97 Å². The number of rotatable bonds is 1. The van der Waals surface area contributed by atoms with Crippen molar-refractivity contribution in [1.82, 2.24) is 0 Å². The van der Waals surface area contributed by atoms with Crippen molar-refractivity contribution in [2.45, 2.75) is 26.6 Å². The number of nitrogens with zero attached hydrogens (tertiary/aromatic N) is 1. The summed E-state index contributed by atoms with van der Waals surface area (Å²) in [5, 5.41) is 9.14. The third-order valence-corrected chi connectivity index (χ3v) is 4.24. The van der Waals surface area contributed by atoms with E-state index in [-0.39, 0.29) is 0 Å². The fraction of sp³-hybridized carbons (Fsp3) is 0.385. The van der Waals surface area contributed by atoms with Gasteiger partial charge < -0.3 is 4.74 Å². The molecule has 0 aliphatic heterocycles. The van der Waals surface area contributed by atoms with Gasteiger partial charge in [-0.15, -0.1) is 16.9 Å². The molecule has 5 heteroatoms. The van der Waals surface area contributed by atoms with Gasteiger partial charge in [0.25, 0.3) is 0 Å². The van der Waals surface area contributed by atoms with Crippen molar-refractivity contribution in [1.29, 1.82) is 5.26 Å². The number of hydrogen-bond donors (Lipinski definition) is 0. The first-order valence-corrected chi connectivity index (χ1v) is 9.76. The molecule has 0 radical (unpaired) electrons. The third-order valence-electron chi connectivity index (χ3n) is 2.18. The lowest BCUT2D eigenvalue weighted by atomic mass is 10.1. The van der Waals surface area contributed by atoms with Gasteiger partial charge in [-0.25, -0.2) is 4.79 Å². The maximum Gasteiger partial charge on any atom is 0.348 e. The van der Waals surface area contributed by atoms with Crippen LogP contribution in [0.1, 0.15) is 25.7 Å². The molecule has 0 amide bonds. The second-order valence-electron chi connectivity index (χ2n) is 4.86. The number of thiophene rings is 1. The molecular formula is C13H15NO2SSi. The Bertz CT molecular complexity index is 579. The zero-order chi connectivity index (χ0) is 13.9. The molecule has 0 atom stereocenters. The Labute approximate surface area is 112 Å². The number of hydrogen-bond acceptors (Lipinski definition) is 4. The number of carbonyl (C=O) groups excluding carboxylic acids is 1. The monoisotopic (exact) mass is 277 g/mol. The second-order valence-corrected chi connectivity index (χ2v) is 10.6. The minimum Gasteiger partial charge on any atom is -0.465 e. The van der Waals surface area contributed by atoms with Crippen molar-refractivity contribution >= 4 is 25.4 Å². The summed E-state index contributed by atoms with van der Waals surface area (Å²) in [6.45, 7) is 8.15. The van der Waals surface area contributed by atoms with Crippen LogP contribution < -0.4 is 0 Å². The highest BCUT2D eigenvalue weighted by molar-refractivity contribution is 7.15. The van der Waals surface area contributed by atoms with Crippen LogP contribution in [0.15, 0.2) is 0 Å². The van der Waals surface area contributed by atoms with Crippen molar-refractivity contribution < 1.29 is 9.53 Å². The van der Waals surface area contributed by atoms with Gasteiger partial charge in [0.15, 0.2) is 0 Å². The van der Waals surface area contributed by atoms with E-state index in [1.807, 2.05) is 0 Å². The molecule has 1 aromatic rings. The summed E-state index contributed by atoms with van der Waals surface area (Å²) in [6, 6.07) is 2.12.